The first kappa shape index (κ1) is 22.3. The van der Waals surface area contributed by atoms with Gasteiger partial charge in [0.1, 0.15) is 5.75 Å². The van der Waals surface area contributed by atoms with Crippen molar-refractivity contribution < 1.29 is 9.84 Å². The number of hydrogen-bond acceptors (Lipinski definition) is 6. The molecule has 7 heteroatoms. The molecule has 2 unspecified atom stereocenters. The monoisotopic (exact) mass is 449 g/mol. The molecular formula is C26H35N5O2. The second kappa shape index (κ2) is 8.70. The highest BCUT2D eigenvalue weighted by Crippen LogP contribution is 2.32. The Kier molecular flexibility index (Phi) is 5.89. The van der Waals surface area contributed by atoms with E-state index in [1.165, 1.54) is 18.4 Å². The summed E-state index contributed by atoms with van der Waals surface area (Å²) in [4.78, 5) is 10.0. The van der Waals surface area contributed by atoms with Crippen LogP contribution in [0.15, 0.2) is 30.3 Å². The van der Waals surface area contributed by atoms with Crippen LogP contribution in [0.25, 0.3) is 22.3 Å². The number of aromatic nitrogens is 3. The molecule has 0 radical (unpaired) electrons. The maximum absolute atomic E-state index is 9.69. The smallest absolute Gasteiger partial charge is 0.156 e. The van der Waals surface area contributed by atoms with Crippen LogP contribution in [0, 0.1) is 6.92 Å². The van der Waals surface area contributed by atoms with Crippen LogP contribution in [0.2, 0.25) is 0 Å². The number of aryl methyl sites for hydroxylation is 1. The molecule has 2 fully saturated rings. The maximum atomic E-state index is 9.69. The topological polar surface area (TPSA) is 77.5 Å². The van der Waals surface area contributed by atoms with Gasteiger partial charge in [-0.15, -0.1) is 0 Å². The first-order valence-electron chi connectivity index (χ1n) is 12.0. The lowest BCUT2D eigenvalue weighted by molar-refractivity contribution is -0.0378. The molecule has 2 aliphatic heterocycles. The summed E-state index contributed by atoms with van der Waals surface area (Å²) >= 11 is 0. The third-order valence-corrected chi connectivity index (χ3v) is 7.33. The Morgan fingerprint density at radius 1 is 1.24 bits per heavy atom. The van der Waals surface area contributed by atoms with Crippen LogP contribution in [-0.2, 0) is 11.3 Å². The normalized spacial score (nSPS) is 24.0. The van der Waals surface area contributed by atoms with Gasteiger partial charge in [0.25, 0.3) is 0 Å². The van der Waals surface area contributed by atoms with Crippen LogP contribution in [0.5, 0.6) is 5.75 Å². The average molecular weight is 450 g/mol. The van der Waals surface area contributed by atoms with Gasteiger partial charge in [-0.1, -0.05) is 0 Å². The SMILES string of the molecule is Cc1n[nH]c2nc(-c3ccc(O)cc3)cc(CN3CC(C)N(CC4CCCO4)CC3(C)C)c12. The number of piperazine rings is 1. The molecule has 33 heavy (non-hydrogen) atoms. The zero-order valence-corrected chi connectivity index (χ0v) is 20.1. The quantitative estimate of drug-likeness (QED) is 0.611. The molecule has 2 aliphatic rings. The highest BCUT2D eigenvalue weighted by molar-refractivity contribution is 5.84. The third-order valence-electron chi connectivity index (χ3n) is 7.33. The van der Waals surface area contributed by atoms with E-state index in [1.807, 2.05) is 19.1 Å². The van der Waals surface area contributed by atoms with Gasteiger partial charge >= 0.3 is 0 Å². The highest BCUT2D eigenvalue weighted by Gasteiger charge is 2.38. The van der Waals surface area contributed by atoms with Crippen molar-refractivity contribution in [2.75, 3.05) is 26.2 Å². The lowest BCUT2D eigenvalue weighted by Crippen LogP contribution is -2.63. The van der Waals surface area contributed by atoms with E-state index in [0.29, 0.717) is 12.1 Å². The van der Waals surface area contributed by atoms with Gasteiger partial charge in [0.15, 0.2) is 5.65 Å². The van der Waals surface area contributed by atoms with Crippen molar-refractivity contribution in [1.29, 1.82) is 0 Å². The molecule has 2 N–H and O–H groups in total. The predicted molar refractivity (Wildman–Crippen MR) is 130 cm³/mol. The van der Waals surface area contributed by atoms with E-state index in [4.69, 9.17) is 9.72 Å². The van der Waals surface area contributed by atoms with Crippen molar-refractivity contribution in [3.8, 4) is 17.0 Å². The number of ether oxygens (including phenoxy) is 1. The number of rotatable bonds is 5. The number of aromatic hydroxyl groups is 1. The van der Waals surface area contributed by atoms with E-state index in [9.17, 15) is 5.11 Å². The Labute approximate surface area is 195 Å². The first-order valence-corrected chi connectivity index (χ1v) is 12.0. The fourth-order valence-corrected chi connectivity index (χ4v) is 5.39. The highest BCUT2D eigenvalue weighted by atomic mass is 16.5. The number of hydrogen-bond donors (Lipinski definition) is 2. The number of phenolic OH excluding ortho intramolecular Hbond substituents is 1. The number of aromatic amines is 1. The maximum Gasteiger partial charge on any atom is 0.156 e. The fourth-order valence-electron chi connectivity index (χ4n) is 5.39. The largest absolute Gasteiger partial charge is 0.508 e. The molecular weight excluding hydrogens is 414 g/mol. The van der Waals surface area contributed by atoms with E-state index in [1.54, 1.807) is 12.1 Å². The zero-order chi connectivity index (χ0) is 23.2. The molecule has 7 nitrogen and oxygen atoms in total. The van der Waals surface area contributed by atoms with E-state index >= 15 is 0 Å². The summed E-state index contributed by atoms with van der Waals surface area (Å²) < 4.78 is 5.92. The molecule has 0 spiro atoms. The van der Waals surface area contributed by atoms with Crippen molar-refractivity contribution in [1.82, 2.24) is 25.0 Å². The Morgan fingerprint density at radius 2 is 2.03 bits per heavy atom. The average Bonchev–Trinajstić information content (AvgIpc) is 3.42. The minimum Gasteiger partial charge on any atom is -0.508 e. The second-order valence-corrected chi connectivity index (χ2v) is 10.4. The summed E-state index contributed by atoms with van der Waals surface area (Å²) in [6, 6.07) is 9.89. The predicted octanol–water partition coefficient (Wildman–Crippen LogP) is 4.10. The third kappa shape index (κ3) is 4.50. The Morgan fingerprint density at radius 3 is 2.76 bits per heavy atom. The Balaban J connectivity index is 1.43. The van der Waals surface area contributed by atoms with E-state index in [-0.39, 0.29) is 11.3 Å². The number of fused-ring (bicyclic) bond motifs is 1. The minimum absolute atomic E-state index is 0.0387. The molecule has 176 valence electrons. The van der Waals surface area contributed by atoms with Gasteiger partial charge in [-0.25, -0.2) is 4.98 Å². The number of phenols is 1. The van der Waals surface area contributed by atoms with Gasteiger partial charge in [-0.3, -0.25) is 14.9 Å². The number of nitrogens with one attached hydrogen (secondary N) is 1. The summed E-state index contributed by atoms with van der Waals surface area (Å²) in [7, 11) is 0. The molecule has 0 aliphatic carbocycles. The lowest BCUT2D eigenvalue weighted by atomic mass is 9.93. The summed E-state index contributed by atoms with van der Waals surface area (Å²) in [5.74, 6) is 0.258. The number of benzene rings is 1. The molecule has 2 atom stereocenters. The molecule has 1 aromatic carbocycles. The molecule has 5 rings (SSSR count). The molecule has 0 saturated carbocycles. The van der Waals surface area contributed by atoms with Gasteiger partial charge in [0.05, 0.1) is 17.5 Å². The van der Waals surface area contributed by atoms with Crippen molar-refractivity contribution in [3.63, 3.8) is 0 Å². The standard InChI is InChI=1S/C26H35N5O2/c1-17-13-31(26(3,4)16-30(17)15-22-6-5-11-33-22)14-20-12-23(19-7-9-21(32)10-8-19)27-25-24(20)18(2)28-29-25/h7-10,12,17,22,32H,5-6,11,13-16H2,1-4H3,(H,27,28,29). The second-order valence-electron chi connectivity index (χ2n) is 10.4. The molecule has 0 bridgehead atoms. The van der Waals surface area contributed by atoms with Gasteiger partial charge in [-0.05, 0) is 76.4 Å². The Hall–Kier alpha value is -2.48. The summed E-state index contributed by atoms with van der Waals surface area (Å²) in [5.41, 5.74) is 4.95. The first-order chi connectivity index (χ1) is 15.8. The Bertz CT molecular complexity index is 1120. The number of nitrogens with zero attached hydrogens (tertiary/aromatic N) is 4. The number of pyridine rings is 1. The lowest BCUT2D eigenvalue weighted by Gasteiger charge is -2.51. The molecule has 2 aromatic heterocycles. The molecule has 2 saturated heterocycles. The summed E-state index contributed by atoms with van der Waals surface area (Å²) in [6.07, 6.45) is 2.76. The molecule has 3 aromatic rings. The minimum atomic E-state index is 0.0387. The molecule has 0 amide bonds. The van der Waals surface area contributed by atoms with Crippen LogP contribution in [-0.4, -0.2) is 74.0 Å². The van der Waals surface area contributed by atoms with Gasteiger partial charge in [0, 0.05) is 55.3 Å². The van der Waals surface area contributed by atoms with Crippen LogP contribution in [0.4, 0.5) is 0 Å². The van der Waals surface area contributed by atoms with Crippen molar-refractivity contribution in [3.05, 3.63) is 41.6 Å². The van der Waals surface area contributed by atoms with Crippen LogP contribution in [0.1, 0.15) is 44.9 Å². The summed E-state index contributed by atoms with van der Waals surface area (Å²) in [5, 5.41) is 18.4. The van der Waals surface area contributed by atoms with Gasteiger partial charge < -0.3 is 9.84 Å². The van der Waals surface area contributed by atoms with E-state index < -0.39 is 0 Å². The van der Waals surface area contributed by atoms with Crippen molar-refractivity contribution >= 4 is 11.0 Å². The van der Waals surface area contributed by atoms with Crippen LogP contribution < -0.4 is 0 Å². The van der Waals surface area contributed by atoms with Crippen molar-refractivity contribution in [2.45, 2.75) is 64.8 Å². The van der Waals surface area contributed by atoms with Crippen molar-refractivity contribution in [2.24, 2.45) is 0 Å². The fraction of sp³-hybridized carbons (Fsp3) is 0.538. The van der Waals surface area contributed by atoms with E-state index in [0.717, 1.165) is 60.8 Å². The number of H-pyrrole nitrogens is 1. The molecule has 4 heterocycles. The van der Waals surface area contributed by atoms with Gasteiger partial charge in [-0.2, -0.15) is 5.10 Å². The zero-order valence-electron chi connectivity index (χ0n) is 20.1. The van der Waals surface area contributed by atoms with Crippen LogP contribution >= 0.6 is 0 Å². The van der Waals surface area contributed by atoms with Gasteiger partial charge in [0.2, 0.25) is 0 Å². The summed E-state index contributed by atoms with van der Waals surface area (Å²) in [6.45, 7) is 13.9. The van der Waals surface area contributed by atoms with Crippen LogP contribution in [0.3, 0.4) is 0 Å². The van der Waals surface area contributed by atoms with E-state index in [2.05, 4.69) is 46.8 Å².